The molecule has 0 bridgehead atoms. The fraction of sp³-hybridized carbons (Fsp3) is 0.417. The number of imidazole rings is 1. The zero-order valence-electron chi connectivity index (χ0n) is 9.60. The van der Waals surface area contributed by atoms with E-state index in [1.54, 1.807) is 12.1 Å². The minimum absolute atomic E-state index is 0.217. The van der Waals surface area contributed by atoms with E-state index in [0.29, 0.717) is 11.1 Å². The summed E-state index contributed by atoms with van der Waals surface area (Å²) in [5.74, 6) is 1.63. The molecule has 1 saturated heterocycles. The number of aromatic nitrogens is 2. The van der Waals surface area contributed by atoms with Gasteiger partial charge in [0.1, 0.15) is 11.6 Å². The lowest BCUT2D eigenvalue weighted by molar-refractivity contribution is 0.409. The van der Waals surface area contributed by atoms with Gasteiger partial charge < -0.3 is 14.4 Å². The van der Waals surface area contributed by atoms with Gasteiger partial charge in [-0.25, -0.2) is 4.98 Å². The molecule has 3 heterocycles. The molecule has 1 aliphatic rings. The summed E-state index contributed by atoms with van der Waals surface area (Å²) in [7, 11) is 2.11. The molecule has 3 rings (SSSR count). The van der Waals surface area contributed by atoms with Gasteiger partial charge >= 0.3 is 0 Å². The minimum atomic E-state index is 0.217. The Balaban J connectivity index is 2.11. The van der Waals surface area contributed by atoms with Crippen LogP contribution in [-0.4, -0.2) is 39.5 Å². The Morgan fingerprint density at radius 2 is 2.35 bits per heavy atom. The molecule has 1 fully saturated rings. The predicted molar refractivity (Wildman–Crippen MR) is 66.7 cm³/mol. The highest BCUT2D eigenvalue weighted by molar-refractivity contribution is 6.32. The van der Waals surface area contributed by atoms with Crippen LogP contribution in [0, 0.1) is 0 Å². The molecule has 2 aromatic heterocycles. The van der Waals surface area contributed by atoms with E-state index in [1.807, 2.05) is 10.6 Å². The molecule has 1 unspecified atom stereocenters. The number of hydrogen-bond acceptors (Lipinski definition) is 3. The summed E-state index contributed by atoms with van der Waals surface area (Å²) in [6, 6.07) is 3.31. The topological polar surface area (TPSA) is 40.8 Å². The number of nitrogens with zero attached hydrogens (tertiary/aromatic N) is 3. The zero-order valence-corrected chi connectivity index (χ0v) is 10.4. The summed E-state index contributed by atoms with van der Waals surface area (Å²) in [5.41, 5.74) is 0.774. The highest BCUT2D eigenvalue weighted by atomic mass is 35.5. The molecular formula is C12H14ClN3O. The highest BCUT2D eigenvalue weighted by Crippen LogP contribution is 2.30. The number of pyridine rings is 1. The van der Waals surface area contributed by atoms with E-state index < -0.39 is 0 Å². The maximum Gasteiger partial charge on any atom is 0.155 e. The van der Waals surface area contributed by atoms with Gasteiger partial charge in [-0.3, -0.25) is 0 Å². The van der Waals surface area contributed by atoms with Crippen LogP contribution < -0.4 is 0 Å². The average molecular weight is 252 g/mol. The quantitative estimate of drug-likeness (QED) is 0.844. The van der Waals surface area contributed by atoms with Crippen molar-refractivity contribution in [3.8, 4) is 5.75 Å². The Bertz CT molecular complexity index is 566. The third-order valence-corrected chi connectivity index (χ3v) is 3.64. The second-order valence-corrected chi connectivity index (χ2v) is 5.01. The van der Waals surface area contributed by atoms with E-state index in [9.17, 15) is 5.11 Å². The molecule has 0 aromatic carbocycles. The molecule has 1 N–H and O–H groups in total. The van der Waals surface area contributed by atoms with Crippen LogP contribution in [0.2, 0.25) is 5.15 Å². The van der Waals surface area contributed by atoms with E-state index in [1.165, 1.54) is 0 Å². The second kappa shape index (κ2) is 3.89. The number of fused-ring (bicyclic) bond motifs is 1. The monoisotopic (exact) mass is 251 g/mol. The standard InChI is InChI=1S/C12H14ClN3O/c1-15-4-2-8(7-15)12-14-11(13)10-6-9(17)3-5-16(10)12/h3,5-6,8,17H,2,4,7H2,1H3. The van der Waals surface area contributed by atoms with Crippen LogP contribution in [0.3, 0.4) is 0 Å². The van der Waals surface area contributed by atoms with Gasteiger partial charge in [0.25, 0.3) is 0 Å². The maximum atomic E-state index is 9.46. The summed E-state index contributed by atoms with van der Waals surface area (Å²) >= 11 is 6.11. The highest BCUT2D eigenvalue weighted by Gasteiger charge is 2.25. The van der Waals surface area contributed by atoms with Crippen LogP contribution in [0.1, 0.15) is 18.2 Å². The van der Waals surface area contributed by atoms with Gasteiger partial charge in [-0.05, 0) is 26.1 Å². The molecule has 0 radical (unpaired) electrons. The lowest BCUT2D eigenvalue weighted by atomic mass is 10.1. The number of aromatic hydroxyl groups is 1. The smallest absolute Gasteiger partial charge is 0.155 e. The Kier molecular flexibility index (Phi) is 2.49. The summed E-state index contributed by atoms with van der Waals surface area (Å²) in [6.45, 7) is 2.10. The van der Waals surface area contributed by atoms with Gasteiger partial charge in [-0.15, -0.1) is 0 Å². The molecule has 4 nitrogen and oxygen atoms in total. The Morgan fingerprint density at radius 1 is 1.53 bits per heavy atom. The Morgan fingerprint density at radius 3 is 3.06 bits per heavy atom. The largest absolute Gasteiger partial charge is 0.508 e. The van der Waals surface area contributed by atoms with Gasteiger partial charge in [0.15, 0.2) is 5.15 Å². The van der Waals surface area contributed by atoms with Gasteiger partial charge in [0, 0.05) is 24.7 Å². The van der Waals surface area contributed by atoms with E-state index in [-0.39, 0.29) is 5.75 Å². The van der Waals surface area contributed by atoms with Crippen LogP contribution in [0.15, 0.2) is 18.3 Å². The normalized spacial score (nSPS) is 21.4. The number of rotatable bonds is 1. The molecular weight excluding hydrogens is 238 g/mol. The maximum absolute atomic E-state index is 9.46. The van der Waals surface area contributed by atoms with Crippen molar-refractivity contribution in [2.45, 2.75) is 12.3 Å². The fourth-order valence-corrected chi connectivity index (χ4v) is 2.73. The first-order chi connectivity index (χ1) is 8.15. The SMILES string of the molecule is CN1CCC(c2nc(Cl)c3cc(O)ccn23)C1. The second-order valence-electron chi connectivity index (χ2n) is 4.65. The number of hydrogen-bond donors (Lipinski definition) is 1. The molecule has 2 aromatic rings. The lowest BCUT2D eigenvalue weighted by Crippen LogP contribution is -2.14. The van der Waals surface area contributed by atoms with Gasteiger partial charge in [0.05, 0.1) is 5.52 Å². The van der Waals surface area contributed by atoms with Gasteiger partial charge in [-0.2, -0.15) is 0 Å². The van der Waals surface area contributed by atoms with Crippen LogP contribution in [-0.2, 0) is 0 Å². The van der Waals surface area contributed by atoms with E-state index >= 15 is 0 Å². The van der Waals surface area contributed by atoms with E-state index in [4.69, 9.17) is 11.6 Å². The number of likely N-dealkylation sites (tertiary alicyclic amines) is 1. The van der Waals surface area contributed by atoms with Crippen molar-refractivity contribution in [3.05, 3.63) is 29.3 Å². The third kappa shape index (κ3) is 1.77. The zero-order chi connectivity index (χ0) is 12.0. The molecule has 0 saturated carbocycles. The molecule has 17 heavy (non-hydrogen) atoms. The van der Waals surface area contributed by atoms with Gasteiger partial charge in [-0.1, -0.05) is 11.6 Å². The predicted octanol–water partition coefficient (Wildman–Crippen LogP) is 2.11. The first-order valence-electron chi connectivity index (χ1n) is 5.70. The minimum Gasteiger partial charge on any atom is -0.508 e. The molecule has 5 heteroatoms. The van der Waals surface area contributed by atoms with Crippen LogP contribution in [0.4, 0.5) is 0 Å². The first kappa shape index (κ1) is 10.9. The molecule has 1 atom stereocenters. The fourth-order valence-electron chi connectivity index (χ4n) is 2.49. The molecule has 0 spiro atoms. The van der Waals surface area contributed by atoms with Crippen molar-refractivity contribution in [1.29, 1.82) is 0 Å². The number of halogens is 1. The van der Waals surface area contributed by atoms with Crippen LogP contribution >= 0.6 is 11.6 Å². The Hall–Kier alpha value is -1.26. The first-order valence-corrected chi connectivity index (χ1v) is 6.08. The van der Waals surface area contributed by atoms with Crippen molar-refractivity contribution in [3.63, 3.8) is 0 Å². The lowest BCUT2D eigenvalue weighted by Gasteiger charge is -2.09. The summed E-state index contributed by atoms with van der Waals surface area (Å²) in [5, 5.41) is 9.93. The summed E-state index contributed by atoms with van der Waals surface area (Å²) in [6.07, 6.45) is 2.93. The van der Waals surface area contributed by atoms with E-state index in [2.05, 4.69) is 16.9 Å². The molecule has 1 aliphatic heterocycles. The third-order valence-electron chi connectivity index (χ3n) is 3.37. The van der Waals surface area contributed by atoms with Crippen molar-refractivity contribution >= 4 is 17.1 Å². The number of likely N-dealkylation sites (N-methyl/N-ethyl adjacent to an activating group) is 1. The van der Waals surface area contributed by atoms with Crippen molar-refractivity contribution in [2.24, 2.45) is 0 Å². The summed E-state index contributed by atoms with van der Waals surface area (Å²) in [4.78, 5) is 6.73. The Labute approximate surface area is 104 Å². The van der Waals surface area contributed by atoms with E-state index in [0.717, 1.165) is 30.9 Å². The van der Waals surface area contributed by atoms with Crippen molar-refractivity contribution < 1.29 is 5.11 Å². The average Bonchev–Trinajstić information content (AvgIpc) is 2.84. The molecule has 0 amide bonds. The summed E-state index contributed by atoms with van der Waals surface area (Å²) < 4.78 is 1.98. The van der Waals surface area contributed by atoms with Crippen LogP contribution in [0.5, 0.6) is 5.75 Å². The van der Waals surface area contributed by atoms with Crippen LogP contribution in [0.25, 0.3) is 5.52 Å². The van der Waals surface area contributed by atoms with Gasteiger partial charge in [0.2, 0.25) is 0 Å². The van der Waals surface area contributed by atoms with Crippen molar-refractivity contribution in [2.75, 3.05) is 20.1 Å². The van der Waals surface area contributed by atoms with Crippen molar-refractivity contribution in [1.82, 2.24) is 14.3 Å². The molecule has 90 valence electrons. The molecule has 0 aliphatic carbocycles.